The summed E-state index contributed by atoms with van der Waals surface area (Å²) in [6.45, 7) is 0. The highest BCUT2D eigenvalue weighted by Gasteiger charge is 2.24. The van der Waals surface area contributed by atoms with E-state index in [1.54, 1.807) is 0 Å². The third-order valence-electron chi connectivity index (χ3n) is 2.79. The first kappa shape index (κ1) is 14.7. The van der Waals surface area contributed by atoms with Crippen LogP contribution >= 0.6 is 0 Å². The van der Waals surface area contributed by atoms with Crippen molar-refractivity contribution in [3.8, 4) is 0 Å². The zero-order valence-electron chi connectivity index (χ0n) is 10.5. The van der Waals surface area contributed by atoms with Crippen LogP contribution in [0.2, 0.25) is 0 Å². The number of rotatable bonds is 4. The van der Waals surface area contributed by atoms with Gasteiger partial charge in [-0.05, 0) is 12.1 Å². The Bertz CT molecular complexity index is 759. The number of benzene rings is 2. The van der Waals surface area contributed by atoms with Crippen molar-refractivity contribution in [2.75, 3.05) is 0 Å². The molecule has 0 bridgehead atoms. The van der Waals surface area contributed by atoms with Crippen molar-refractivity contribution in [1.29, 1.82) is 0 Å². The third-order valence-corrected chi connectivity index (χ3v) is 4.66. The predicted octanol–water partition coefficient (Wildman–Crippen LogP) is -0.754. The van der Waals surface area contributed by atoms with Crippen LogP contribution in [0.1, 0.15) is 20.7 Å². The van der Waals surface area contributed by atoms with Crippen molar-refractivity contribution in [1.82, 2.24) is 0 Å². The van der Waals surface area contributed by atoms with Gasteiger partial charge in [0.1, 0.15) is 0 Å². The van der Waals surface area contributed by atoms with Crippen molar-refractivity contribution in [3.05, 3.63) is 59.7 Å². The molecule has 2 aromatic rings. The van der Waals surface area contributed by atoms with Gasteiger partial charge < -0.3 is 19.8 Å². The molecule has 0 unspecified atom stereocenters. The maximum absolute atomic E-state index is 12.5. The Morgan fingerprint density at radius 2 is 1.05 bits per heavy atom. The molecule has 0 heterocycles. The molecular weight excluding hydrogens is 296 g/mol. The number of sulfone groups is 1. The van der Waals surface area contributed by atoms with Crippen molar-refractivity contribution in [2.45, 2.75) is 9.79 Å². The van der Waals surface area contributed by atoms with Crippen LogP contribution in [0, 0.1) is 0 Å². The van der Waals surface area contributed by atoms with Crippen LogP contribution in [0.25, 0.3) is 0 Å². The van der Waals surface area contributed by atoms with E-state index in [4.69, 9.17) is 0 Å². The topological polar surface area (TPSA) is 114 Å². The molecule has 2 aromatic carbocycles. The fourth-order valence-electron chi connectivity index (χ4n) is 1.86. The predicted molar refractivity (Wildman–Crippen MR) is 67.0 cm³/mol. The van der Waals surface area contributed by atoms with Gasteiger partial charge >= 0.3 is 0 Å². The fraction of sp³-hybridized carbons (Fsp3) is 0. The van der Waals surface area contributed by atoms with Gasteiger partial charge in [-0.25, -0.2) is 8.42 Å². The molecule has 0 radical (unpaired) electrons. The SMILES string of the molecule is O=C([O-])c1ccccc1S(=O)(=O)c1ccccc1C(=O)[O-]. The van der Waals surface area contributed by atoms with Crippen molar-refractivity contribution in [3.63, 3.8) is 0 Å². The Hall–Kier alpha value is -2.67. The lowest BCUT2D eigenvalue weighted by molar-refractivity contribution is -0.256. The maximum atomic E-state index is 12.5. The van der Waals surface area contributed by atoms with Crippen molar-refractivity contribution < 1.29 is 28.2 Å². The van der Waals surface area contributed by atoms with Gasteiger partial charge in [-0.1, -0.05) is 36.4 Å². The van der Waals surface area contributed by atoms with E-state index in [0.717, 1.165) is 24.3 Å². The highest BCUT2D eigenvalue weighted by molar-refractivity contribution is 7.91. The summed E-state index contributed by atoms with van der Waals surface area (Å²) in [7, 11) is -4.33. The lowest BCUT2D eigenvalue weighted by atomic mass is 10.2. The van der Waals surface area contributed by atoms with Gasteiger partial charge in [0.05, 0.1) is 21.7 Å². The molecule has 0 aliphatic rings. The van der Waals surface area contributed by atoms with Crippen molar-refractivity contribution in [2.24, 2.45) is 0 Å². The first-order chi connectivity index (χ1) is 9.85. The van der Waals surface area contributed by atoms with Gasteiger partial charge in [0.2, 0.25) is 9.84 Å². The summed E-state index contributed by atoms with van der Waals surface area (Å²) in [5.74, 6) is -3.33. The van der Waals surface area contributed by atoms with Crippen LogP contribution in [0.15, 0.2) is 58.3 Å². The van der Waals surface area contributed by atoms with E-state index in [-0.39, 0.29) is 0 Å². The second-order valence-corrected chi connectivity index (χ2v) is 5.96. The van der Waals surface area contributed by atoms with Crippen LogP contribution in [-0.2, 0) is 9.84 Å². The monoisotopic (exact) mass is 304 g/mol. The number of hydrogen-bond donors (Lipinski definition) is 0. The molecule has 7 heteroatoms. The summed E-state index contributed by atoms with van der Waals surface area (Å²) in [6, 6.07) is 9.65. The Morgan fingerprint density at radius 3 is 1.38 bits per heavy atom. The summed E-state index contributed by atoms with van der Waals surface area (Å²) in [5, 5.41) is 22.0. The zero-order valence-corrected chi connectivity index (χ0v) is 11.3. The molecule has 0 amide bonds. The van der Waals surface area contributed by atoms with Gasteiger partial charge in [0.25, 0.3) is 0 Å². The molecule has 0 saturated heterocycles. The molecule has 0 fully saturated rings. The number of carboxylic acids is 2. The Balaban J connectivity index is 2.76. The van der Waals surface area contributed by atoms with Crippen LogP contribution in [0.3, 0.4) is 0 Å². The molecule has 108 valence electrons. The molecule has 0 spiro atoms. The summed E-state index contributed by atoms with van der Waals surface area (Å²) >= 11 is 0. The first-order valence-electron chi connectivity index (χ1n) is 5.71. The quantitative estimate of drug-likeness (QED) is 0.734. The second kappa shape index (κ2) is 5.37. The van der Waals surface area contributed by atoms with Gasteiger partial charge in [0, 0.05) is 11.1 Å². The smallest absolute Gasteiger partial charge is 0.207 e. The van der Waals surface area contributed by atoms with E-state index in [9.17, 15) is 28.2 Å². The lowest BCUT2D eigenvalue weighted by Gasteiger charge is -2.14. The van der Waals surface area contributed by atoms with Crippen LogP contribution in [0.4, 0.5) is 0 Å². The van der Waals surface area contributed by atoms with Gasteiger partial charge in [-0.15, -0.1) is 0 Å². The average molecular weight is 304 g/mol. The van der Waals surface area contributed by atoms with Gasteiger partial charge in [-0.3, -0.25) is 0 Å². The minimum absolute atomic E-state index is 0.529. The molecule has 6 nitrogen and oxygen atoms in total. The van der Waals surface area contributed by atoms with E-state index in [1.807, 2.05) is 0 Å². The minimum Gasteiger partial charge on any atom is -0.545 e. The van der Waals surface area contributed by atoms with Crippen molar-refractivity contribution >= 4 is 21.8 Å². The Morgan fingerprint density at radius 1 is 0.714 bits per heavy atom. The third kappa shape index (κ3) is 2.63. The van der Waals surface area contributed by atoms with E-state index in [0.29, 0.717) is 0 Å². The van der Waals surface area contributed by atoms with Crippen LogP contribution in [0.5, 0.6) is 0 Å². The maximum Gasteiger partial charge on any atom is 0.207 e. The van der Waals surface area contributed by atoms with E-state index < -0.39 is 42.7 Å². The molecule has 0 aliphatic carbocycles. The molecule has 0 saturated carbocycles. The van der Waals surface area contributed by atoms with Gasteiger partial charge in [-0.2, -0.15) is 0 Å². The molecule has 0 aliphatic heterocycles. The van der Waals surface area contributed by atoms with E-state index >= 15 is 0 Å². The first-order valence-corrected chi connectivity index (χ1v) is 7.20. The molecule has 0 N–H and O–H groups in total. The molecule has 21 heavy (non-hydrogen) atoms. The number of hydrogen-bond acceptors (Lipinski definition) is 6. The summed E-state index contributed by atoms with van der Waals surface area (Å²) in [6.07, 6.45) is 0. The summed E-state index contributed by atoms with van der Waals surface area (Å²) in [4.78, 5) is 21.0. The molecular formula is C14H8O6S-2. The minimum atomic E-state index is -4.33. The summed E-state index contributed by atoms with van der Waals surface area (Å²) in [5.41, 5.74) is -1.07. The second-order valence-electron chi connectivity index (χ2n) is 4.07. The number of carboxylic acid groups (broad SMARTS) is 2. The standard InChI is InChI=1S/C14H10O6S/c15-13(16)9-5-1-3-7-11(9)21(19,20)12-8-4-2-6-10(12)14(17)18/h1-8H,(H,15,16)(H,17,18)/p-2. The highest BCUT2D eigenvalue weighted by Crippen LogP contribution is 2.26. The summed E-state index contributed by atoms with van der Waals surface area (Å²) < 4.78 is 25.0. The van der Waals surface area contributed by atoms with Crippen LogP contribution < -0.4 is 10.2 Å². The lowest BCUT2D eigenvalue weighted by Crippen LogP contribution is -2.27. The number of aromatic carboxylic acids is 2. The van der Waals surface area contributed by atoms with E-state index in [1.165, 1.54) is 24.3 Å². The van der Waals surface area contributed by atoms with Gasteiger partial charge in [0.15, 0.2) is 0 Å². The number of carbonyl (C=O) groups excluding carboxylic acids is 2. The Kier molecular flexibility index (Phi) is 3.77. The molecule has 2 rings (SSSR count). The molecule has 0 aromatic heterocycles. The Labute approximate surface area is 120 Å². The fourth-order valence-corrected chi connectivity index (χ4v) is 3.49. The van der Waals surface area contributed by atoms with E-state index in [2.05, 4.69) is 0 Å². The number of carbonyl (C=O) groups is 2. The average Bonchev–Trinajstić information content (AvgIpc) is 2.47. The van der Waals surface area contributed by atoms with Crippen LogP contribution in [-0.4, -0.2) is 20.4 Å². The zero-order chi connectivity index (χ0) is 15.6. The molecule has 0 atom stereocenters. The normalized spacial score (nSPS) is 11.0. The largest absolute Gasteiger partial charge is 0.545 e. The highest BCUT2D eigenvalue weighted by atomic mass is 32.2.